The lowest BCUT2D eigenvalue weighted by Crippen LogP contribution is -2.34. The number of carbonyl (C=O) groups excluding carboxylic acids is 1. The summed E-state index contributed by atoms with van der Waals surface area (Å²) in [5.74, 6) is 0.495. The highest BCUT2D eigenvalue weighted by molar-refractivity contribution is 5.87. The number of ether oxygens (including phenoxy) is 1. The average Bonchev–Trinajstić information content (AvgIpc) is 2.55. The van der Waals surface area contributed by atoms with Gasteiger partial charge in [0.05, 0.1) is 13.3 Å². The van der Waals surface area contributed by atoms with Crippen molar-refractivity contribution in [2.45, 2.75) is 19.9 Å². The van der Waals surface area contributed by atoms with E-state index in [1.54, 1.807) is 20.2 Å². The SMILES string of the molecule is COc1ccccc1/C=N\NC(=O)[C@@H](C)Nc1cccc(C)c1. The van der Waals surface area contributed by atoms with Gasteiger partial charge < -0.3 is 10.1 Å². The summed E-state index contributed by atoms with van der Waals surface area (Å²) in [5.41, 5.74) is 5.37. The Kier molecular flexibility index (Phi) is 5.74. The van der Waals surface area contributed by atoms with Crippen LogP contribution in [0.2, 0.25) is 0 Å². The lowest BCUT2D eigenvalue weighted by Gasteiger charge is -2.13. The van der Waals surface area contributed by atoms with E-state index in [0.717, 1.165) is 16.8 Å². The fraction of sp³-hybridized carbons (Fsp3) is 0.222. The second kappa shape index (κ2) is 7.98. The fourth-order valence-electron chi connectivity index (χ4n) is 2.09. The zero-order valence-corrected chi connectivity index (χ0v) is 13.5. The Morgan fingerprint density at radius 2 is 2.00 bits per heavy atom. The molecule has 0 aliphatic carbocycles. The third-order valence-corrected chi connectivity index (χ3v) is 3.31. The van der Waals surface area contributed by atoms with Gasteiger partial charge in [-0.2, -0.15) is 5.10 Å². The van der Waals surface area contributed by atoms with Crippen LogP contribution in [0.1, 0.15) is 18.1 Å². The third-order valence-electron chi connectivity index (χ3n) is 3.31. The number of anilines is 1. The summed E-state index contributed by atoms with van der Waals surface area (Å²) >= 11 is 0. The Balaban J connectivity index is 1.92. The van der Waals surface area contributed by atoms with Gasteiger partial charge in [-0.05, 0) is 43.7 Å². The number of methoxy groups -OCH3 is 1. The molecule has 0 heterocycles. The molecule has 1 amide bonds. The molecule has 23 heavy (non-hydrogen) atoms. The van der Waals surface area contributed by atoms with Gasteiger partial charge in [0.1, 0.15) is 11.8 Å². The first-order valence-corrected chi connectivity index (χ1v) is 7.39. The monoisotopic (exact) mass is 311 g/mol. The van der Waals surface area contributed by atoms with Crippen LogP contribution in [0.4, 0.5) is 5.69 Å². The summed E-state index contributed by atoms with van der Waals surface area (Å²) in [6, 6.07) is 14.9. The topological polar surface area (TPSA) is 62.7 Å². The summed E-state index contributed by atoms with van der Waals surface area (Å²) in [4.78, 5) is 12.1. The normalized spacial score (nSPS) is 12.0. The molecule has 0 bridgehead atoms. The van der Waals surface area contributed by atoms with Crippen molar-refractivity contribution in [3.8, 4) is 5.75 Å². The average molecular weight is 311 g/mol. The van der Waals surface area contributed by atoms with Crippen molar-refractivity contribution in [3.63, 3.8) is 0 Å². The Morgan fingerprint density at radius 3 is 2.74 bits per heavy atom. The molecular formula is C18H21N3O2. The van der Waals surface area contributed by atoms with Gasteiger partial charge >= 0.3 is 0 Å². The zero-order chi connectivity index (χ0) is 16.7. The van der Waals surface area contributed by atoms with E-state index in [0.29, 0.717) is 5.75 Å². The summed E-state index contributed by atoms with van der Waals surface area (Å²) < 4.78 is 5.22. The quantitative estimate of drug-likeness (QED) is 0.637. The molecule has 0 radical (unpaired) electrons. The number of hydrazone groups is 1. The maximum atomic E-state index is 12.1. The van der Waals surface area contributed by atoms with Crippen molar-refractivity contribution in [2.24, 2.45) is 5.10 Å². The van der Waals surface area contributed by atoms with Crippen molar-refractivity contribution in [3.05, 3.63) is 59.7 Å². The lowest BCUT2D eigenvalue weighted by molar-refractivity contribution is -0.121. The number of rotatable bonds is 6. The Hall–Kier alpha value is -2.82. The van der Waals surface area contributed by atoms with Crippen LogP contribution in [-0.2, 0) is 4.79 Å². The second-order valence-electron chi connectivity index (χ2n) is 5.21. The van der Waals surface area contributed by atoms with Gasteiger partial charge in [0.25, 0.3) is 5.91 Å². The van der Waals surface area contributed by atoms with Gasteiger partial charge in [-0.3, -0.25) is 4.79 Å². The van der Waals surface area contributed by atoms with E-state index in [1.807, 2.05) is 55.5 Å². The highest BCUT2D eigenvalue weighted by Crippen LogP contribution is 2.14. The molecule has 120 valence electrons. The van der Waals surface area contributed by atoms with E-state index >= 15 is 0 Å². The van der Waals surface area contributed by atoms with E-state index < -0.39 is 6.04 Å². The molecule has 0 spiro atoms. The van der Waals surface area contributed by atoms with Crippen LogP contribution in [-0.4, -0.2) is 25.3 Å². The minimum Gasteiger partial charge on any atom is -0.496 e. The van der Waals surface area contributed by atoms with Gasteiger partial charge in [-0.1, -0.05) is 24.3 Å². The molecule has 2 N–H and O–H groups in total. The minimum atomic E-state index is -0.397. The number of carbonyl (C=O) groups is 1. The van der Waals surface area contributed by atoms with Crippen molar-refractivity contribution < 1.29 is 9.53 Å². The molecule has 0 aromatic heterocycles. The van der Waals surface area contributed by atoms with Crippen LogP contribution in [0.25, 0.3) is 0 Å². The predicted molar refractivity (Wildman–Crippen MR) is 93.0 cm³/mol. The molecule has 2 aromatic carbocycles. The Labute approximate surface area is 136 Å². The zero-order valence-electron chi connectivity index (χ0n) is 13.5. The molecule has 0 aliphatic rings. The van der Waals surface area contributed by atoms with Gasteiger partial charge in [0, 0.05) is 11.3 Å². The number of amides is 1. The van der Waals surface area contributed by atoms with Gasteiger partial charge in [-0.15, -0.1) is 0 Å². The van der Waals surface area contributed by atoms with E-state index in [1.165, 1.54) is 0 Å². The summed E-state index contributed by atoms with van der Waals surface area (Å²) in [6.45, 7) is 3.80. The molecule has 5 heteroatoms. The number of aryl methyl sites for hydroxylation is 1. The van der Waals surface area contributed by atoms with Crippen LogP contribution in [0.5, 0.6) is 5.75 Å². The van der Waals surface area contributed by atoms with Crippen molar-refractivity contribution in [2.75, 3.05) is 12.4 Å². The third kappa shape index (κ3) is 4.85. The molecular weight excluding hydrogens is 290 g/mol. The standard InChI is InChI=1S/C18H21N3O2/c1-13-7-6-9-16(11-13)20-14(2)18(22)21-19-12-15-8-4-5-10-17(15)23-3/h4-12,14,20H,1-3H3,(H,21,22)/b19-12-/t14-/m1/s1. The smallest absolute Gasteiger partial charge is 0.262 e. The molecule has 5 nitrogen and oxygen atoms in total. The number of hydrogen-bond donors (Lipinski definition) is 2. The first kappa shape index (κ1) is 16.5. The fourth-order valence-corrected chi connectivity index (χ4v) is 2.09. The van der Waals surface area contributed by atoms with Crippen molar-refractivity contribution >= 4 is 17.8 Å². The van der Waals surface area contributed by atoms with Crippen LogP contribution in [0.3, 0.4) is 0 Å². The molecule has 0 unspecified atom stereocenters. The number of para-hydroxylation sites is 1. The number of benzene rings is 2. The Bertz CT molecular complexity index is 698. The van der Waals surface area contributed by atoms with Crippen molar-refractivity contribution in [1.29, 1.82) is 0 Å². The van der Waals surface area contributed by atoms with Crippen LogP contribution >= 0.6 is 0 Å². The largest absolute Gasteiger partial charge is 0.496 e. The Morgan fingerprint density at radius 1 is 1.22 bits per heavy atom. The van der Waals surface area contributed by atoms with E-state index in [9.17, 15) is 4.79 Å². The number of nitrogens with one attached hydrogen (secondary N) is 2. The van der Waals surface area contributed by atoms with E-state index in [2.05, 4.69) is 15.8 Å². The first-order chi connectivity index (χ1) is 11.1. The van der Waals surface area contributed by atoms with Gasteiger partial charge in [-0.25, -0.2) is 5.43 Å². The molecule has 0 aliphatic heterocycles. The molecule has 2 aromatic rings. The summed E-state index contributed by atoms with van der Waals surface area (Å²) in [7, 11) is 1.60. The van der Waals surface area contributed by atoms with Gasteiger partial charge in [0.2, 0.25) is 0 Å². The number of nitrogens with zero attached hydrogens (tertiary/aromatic N) is 1. The second-order valence-corrected chi connectivity index (χ2v) is 5.21. The highest BCUT2D eigenvalue weighted by atomic mass is 16.5. The summed E-state index contributed by atoms with van der Waals surface area (Å²) in [5, 5.41) is 7.13. The van der Waals surface area contributed by atoms with Crippen LogP contribution in [0, 0.1) is 6.92 Å². The van der Waals surface area contributed by atoms with Crippen LogP contribution < -0.4 is 15.5 Å². The summed E-state index contributed by atoms with van der Waals surface area (Å²) in [6.07, 6.45) is 1.57. The molecule has 0 saturated carbocycles. The first-order valence-electron chi connectivity index (χ1n) is 7.39. The molecule has 0 saturated heterocycles. The van der Waals surface area contributed by atoms with Gasteiger partial charge in [0.15, 0.2) is 0 Å². The molecule has 0 fully saturated rings. The lowest BCUT2D eigenvalue weighted by atomic mass is 10.2. The van der Waals surface area contributed by atoms with Crippen molar-refractivity contribution in [1.82, 2.24) is 5.43 Å². The van der Waals surface area contributed by atoms with Crippen LogP contribution in [0.15, 0.2) is 53.6 Å². The number of hydrogen-bond acceptors (Lipinski definition) is 4. The highest BCUT2D eigenvalue weighted by Gasteiger charge is 2.11. The minimum absolute atomic E-state index is 0.211. The maximum absolute atomic E-state index is 12.1. The molecule has 2 rings (SSSR count). The maximum Gasteiger partial charge on any atom is 0.262 e. The molecule has 1 atom stereocenters. The van der Waals surface area contributed by atoms with E-state index in [4.69, 9.17) is 4.74 Å². The predicted octanol–water partition coefficient (Wildman–Crippen LogP) is 2.95. The van der Waals surface area contributed by atoms with E-state index in [-0.39, 0.29) is 5.91 Å².